The summed E-state index contributed by atoms with van der Waals surface area (Å²) in [7, 11) is 0. The molecular weight excluding hydrogens is 282 g/mol. The first-order valence-electron chi connectivity index (χ1n) is 8.67. The van der Waals surface area contributed by atoms with Crippen LogP contribution in [-0.4, -0.2) is 21.6 Å². The monoisotopic (exact) mass is 309 g/mol. The summed E-state index contributed by atoms with van der Waals surface area (Å²) in [4.78, 5) is 2.54. The molecule has 23 heavy (non-hydrogen) atoms. The lowest BCUT2D eigenvalue weighted by molar-refractivity contribution is -0.0203. The molecule has 2 heteroatoms. The molecule has 0 saturated heterocycles. The van der Waals surface area contributed by atoms with Crippen LogP contribution in [0.2, 0.25) is 0 Å². The average Bonchev–Trinajstić information content (AvgIpc) is 2.55. The maximum Gasteiger partial charge on any atom is 0.0634 e. The SMILES string of the molecule is C[C@@]1(O)CCC[C@@H](N(Cc2ccccc2)Cc2ccccc2)C1. The standard InChI is InChI=1S/C21H27NO/c1-21(23)14-8-13-20(15-21)22(16-18-9-4-2-5-10-18)17-19-11-6-3-7-12-19/h2-7,9-12,20,23H,8,13-17H2,1H3/t20-,21-/m1/s1. The summed E-state index contributed by atoms with van der Waals surface area (Å²) in [5.74, 6) is 0. The van der Waals surface area contributed by atoms with Crippen LogP contribution < -0.4 is 0 Å². The number of aliphatic hydroxyl groups is 1. The zero-order chi connectivity index (χ0) is 16.1. The Bertz CT molecular complexity index is 552. The lowest BCUT2D eigenvalue weighted by atomic mass is 9.82. The van der Waals surface area contributed by atoms with E-state index in [1.165, 1.54) is 17.5 Å². The Morgan fingerprint density at radius 3 is 1.96 bits per heavy atom. The normalized spacial score (nSPS) is 24.7. The minimum atomic E-state index is -0.519. The molecule has 1 aliphatic rings. The largest absolute Gasteiger partial charge is 0.390 e. The second kappa shape index (κ2) is 7.29. The molecule has 1 N–H and O–H groups in total. The van der Waals surface area contributed by atoms with Gasteiger partial charge in [0.1, 0.15) is 0 Å². The molecule has 2 atom stereocenters. The van der Waals surface area contributed by atoms with Crippen molar-refractivity contribution in [2.45, 2.75) is 57.3 Å². The molecule has 2 aromatic rings. The molecule has 1 fully saturated rings. The molecule has 3 rings (SSSR count). The molecule has 0 spiro atoms. The van der Waals surface area contributed by atoms with Gasteiger partial charge in [-0.25, -0.2) is 0 Å². The molecule has 0 radical (unpaired) electrons. The predicted octanol–water partition coefficient (Wildman–Crippen LogP) is 4.38. The Hall–Kier alpha value is -1.64. The number of hydrogen-bond acceptors (Lipinski definition) is 2. The van der Waals surface area contributed by atoms with Crippen LogP contribution >= 0.6 is 0 Å². The van der Waals surface area contributed by atoms with Gasteiger partial charge in [0.05, 0.1) is 5.60 Å². The van der Waals surface area contributed by atoms with Gasteiger partial charge >= 0.3 is 0 Å². The van der Waals surface area contributed by atoms with Crippen molar-refractivity contribution >= 4 is 0 Å². The molecular formula is C21H27NO. The summed E-state index contributed by atoms with van der Waals surface area (Å²) < 4.78 is 0. The van der Waals surface area contributed by atoms with Crippen LogP contribution in [0.4, 0.5) is 0 Å². The van der Waals surface area contributed by atoms with Crippen LogP contribution in [-0.2, 0) is 13.1 Å². The number of rotatable bonds is 5. The average molecular weight is 309 g/mol. The van der Waals surface area contributed by atoms with Gasteiger partial charge in [-0.2, -0.15) is 0 Å². The summed E-state index contributed by atoms with van der Waals surface area (Å²) in [6.07, 6.45) is 4.08. The van der Waals surface area contributed by atoms with Gasteiger partial charge in [0.2, 0.25) is 0 Å². The molecule has 0 unspecified atom stereocenters. The first kappa shape index (κ1) is 16.2. The number of hydrogen-bond donors (Lipinski definition) is 1. The summed E-state index contributed by atoms with van der Waals surface area (Å²) in [6.45, 7) is 3.87. The molecule has 1 saturated carbocycles. The van der Waals surface area contributed by atoms with Crippen molar-refractivity contribution in [3.05, 3.63) is 71.8 Å². The highest BCUT2D eigenvalue weighted by atomic mass is 16.3. The number of benzene rings is 2. The summed E-state index contributed by atoms with van der Waals surface area (Å²) in [5.41, 5.74) is 2.16. The minimum Gasteiger partial charge on any atom is -0.390 e. The Kier molecular flexibility index (Phi) is 5.14. The molecule has 0 aliphatic heterocycles. The summed E-state index contributed by atoms with van der Waals surface area (Å²) >= 11 is 0. The van der Waals surface area contributed by atoms with Gasteiger partial charge in [0, 0.05) is 19.1 Å². The van der Waals surface area contributed by atoms with E-state index in [1.807, 2.05) is 6.92 Å². The van der Waals surface area contributed by atoms with Crippen molar-refractivity contribution in [3.8, 4) is 0 Å². The second-order valence-corrected chi connectivity index (χ2v) is 7.12. The minimum absolute atomic E-state index is 0.444. The van der Waals surface area contributed by atoms with E-state index in [2.05, 4.69) is 65.6 Å². The van der Waals surface area contributed by atoms with E-state index in [4.69, 9.17) is 0 Å². The Labute approximate surface area is 139 Å². The highest BCUT2D eigenvalue weighted by Crippen LogP contribution is 2.32. The van der Waals surface area contributed by atoms with Crippen LogP contribution in [0.3, 0.4) is 0 Å². The smallest absolute Gasteiger partial charge is 0.0634 e. The van der Waals surface area contributed by atoms with E-state index in [-0.39, 0.29) is 0 Å². The maximum atomic E-state index is 10.5. The van der Waals surface area contributed by atoms with Crippen LogP contribution in [0.1, 0.15) is 43.7 Å². The van der Waals surface area contributed by atoms with Gasteiger partial charge in [0.15, 0.2) is 0 Å². The molecule has 0 amide bonds. The van der Waals surface area contributed by atoms with Crippen molar-refractivity contribution < 1.29 is 5.11 Å². The van der Waals surface area contributed by atoms with Crippen molar-refractivity contribution in [1.82, 2.24) is 4.90 Å². The second-order valence-electron chi connectivity index (χ2n) is 7.12. The Morgan fingerprint density at radius 2 is 1.48 bits per heavy atom. The van der Waals surface area contributed by atoms with E-state index in [9.17, 15) is 5.11 Å². The fourth-order valence-electron chi connectivity index (χ4n) is 3.69. The molecule has 122 valence electrons. The van der Waals surface area contributed by atoms with E-state index < -0.39 is 5.60 Å². The molecule has 1 aliphatic carbocycles. The lowest BCUT2D eigenvalue weighted by Crippen LogP contribution is -2.44. The van der Waals surface area contributed by atoms with Gasteiger partial charge in [-0.1, -0.05) is 60.7 Å². The zero-order valence-electron chi connectivity index (χ0n) is 14.0. The van der Waals surface area contributed by atoms with Crippen molar-refractivity contribution in [2.75, 3.05) is 0 Å². The quantitative estimate of drug-likeness (QED) is 0.886. The topological polar surface area (TPSA) is 23.5 Å². The number of nitrogens with zero attached hydrogens (tertiary/aromatic N) is 1. The van der Waals surface area contributed by atoms with E-state index in [1.54, 1.807) is 0 Å². The van der Waals surface area contributed by atoms with Crippen molar-refractivity contribution in [2.24, 2.45) is 0 Å². The molecule has 2 nitrogen and oxygen atoms in total. The van der Waals surface area contributed by atoms with Crippen LogP contribution in [0.15, 0.2) is 60.7 Å². The third-order valence-corrected chi connectivity index (χ3v) is 4.90. The zero-order valence-corrected chi connectivity index (χ0v) is 14.0. The van der Waals surface area contributed by atoms with E-state index >= 15 is 0 Å². The molecule has 0 aromatic heterocycles. The fraction of sp³-hybridized carbons (Fsp3) is 0.429. The van der Waals surface area contributed by atoms with Gasteiger partial charge in [-0.15, -0.1) is 0 Å². The molecule has 0 heterocycles. The Balaban J connectivity index is 1.78. The van der Waals surface area contributed by atoms with Crippen LogP contribution in [0.25, 0.3) is 0 Å². The van der Waals surface area contributed by atoms with Gasteiger partial charge in [-0.05, 0) is 43.7 Å². The highest BCUT2D eigenvalue weighted by molar-refractivity contribution is 5.17. The Morgan fingerprint density at radius 1 is 0.957 bits per heavy atom. The van der Waals surface area contributed by atoms with E-state index in [0.29, 0.717) is 6.04 Å². The van der Waals surface area contributed by atoms with E-state index in [0.717, 1.165) is 32.4 Å². The molecule has 2 aromatic carbocycles. The van der Waals surface area contributed by atoms with Crippen LogP contribution in [0, 0.1) is 0 Å². The predicted molar refractivity (Wildman–Crippen MR) is 95.0 cm³/mol. The van der Waals surface area contributed by atoms with Crippen LogP contribution in [0.5, 0.6) is 0 Å². The third kappa shape index (κ3) is 4.66. The van der Waals surface area contributed by atoms with Crippen molar-refractivity contribution in [1.29, 1.82) is 0 Å². The first-order valence-corrected chi connectivity index (χ1v) is 8.67. The summed E-state index contributed by atoms with van der Waals surface area (Å²) in [5, 5.41) is 10.5. The van der Waals surface area contributed by atoms with Gasteiger partial charge in [0.25, 0.3) is 0 Å². The lowest BCUT2D eigenvalue weighted by Gasteiger charge is -2.40. The highest BCUT2D eigenvalue weighted by Gasteiger charge is 2.33. The van der Waals surface area contributed by atoms with Gasteiger partial charge in [-0.3, -0.25) is 4.90 Å². The molecule has 0 bridgehead atoms. The maximum absolute atomic E-state index is 10.5. The van der Waals surface area contributed by atoms with Gasteiger partial charge < -0.3 is 5.11 Å². The summed E-state index contributed by atoms with van der Waals surface area (Å²) in [6, 6.07) is 21.8. The third-order valence-electron chi connectivity index (χ3n) is 4.90. The van der Waals surface area contributed by atoms with Crippen molar-refractivity contribution in [3.63, 3.8) is 0 Å². The first-order chi connectivity index (χ1) is 11.1. The fourth-order valence-corrected chi connectivity index (χ4v) is 3.69.